The predicted octanol–water partition coefficient (Wildman–Crippen LogP) is 3.05. The summed E-state index contributed by atoms with van der Waals surface area (Å²) in [4.78, 5) is 6.71. The Labute approximate surface area is 123 Å². The second-order valence-corrected chi connectivity index (χ2v) is 5.85. The fourth-order valence-electron chi connectivity index (χ4n) is 2.67. The summed E-state index contributed by atoms with van der Waals surface area (Å²) in [6.45, 7) is 6.73. The molecule has 0 aromatic carbocycles. The summed E-state index contributed by atoms with van der Waals surface area (Å²) in [6.07, 6.45) is 8.88. The van der Waals surface area contributed by atoms with E-state index in [2.05, 4.69) is 40.6 Å². The van der Waals surface area contributed by atoms with Crippen LogP contribution in [0, 0.1) is 5.92 Å². The van der Waals surface area contributed by atoms with Gasteiger partial charge in [-0.05, 0) is 57.8 Å². The molecule has 1 saturated heterocycles. The van der Waals surface area contributed by atoms with Crippen LogP contribution in [-0.4, -0.2) is 43.1 Å². The summed E-state index contributed by atoms with van der Waals surface area (Å²) in [6, 6.07) is 2.15. The fraction of sp³-hybridized carbons (Fsp3) is 0.688. The number of hydrogen-bond acceptors (Lipinski definition) is 4. The lowest BCUT2D eigenvalue weighted by Crippen LogP contribution is -2.30. The van der Waals surface area contributed by atoms with Crippen LogP contribution in [0.5, 0.6) is 0 Å². The SMILES string of the molecule is CCCNc1cncc(NCCC2CCN(C)CC2)c1. The predicted molar refractivity (Wildman–Crippen MR) is 86.3 cm³/mol. The summed E-state index contributed by atoms with van der Waals surface area (Å²) < 4.78 is 0. The third-order valence-corrected chi connectivity index (χ3v) is 4.04. The minimum atomic E-state index is 0.882. The van der Waals surface area contributed by atoms with Crippen LogP contribution < -0.4 is 10.6 Å². The average Bonchev–Trinajstić information content (AvgIpc) is 2.48. The van der Waals surface area contributed by atoms with Gasteiger partial charge < -0.3 is 15.5 Å². The third kappa shape index (κ3) is 5.00. The molecule has 20 heavy (non-hydrogen) atoms. The maximum Gasteiger partial charge on any atom is 0.0547 e. The fourth-order valence-corrected chi connectivity index (χ4v) is 2.67. The van der Waals surface area contributed by atoms with Crippen LogP contribution in [0.15, 0.2) is 18.5 Å². The van der Waals surface area contributed by atoms with Gasteiger partial charge in [-0.3, -0.25) is 4.98 Å². The molecule has 0 aliphatic carbocycles. The molecule has 0 bridgehead atoms. The molecular formula is C16H28N4. The van der Waals surface area contributed by atoms with Gasteiger partial charge >= 0.3 is 0 Å². The molecule has 112 valence electrons. The number of aromatic nitrogens is 1. The summed E-state index contributed by atoms with van der Waals surface area (Å²) in [5, 5.41) is 6.88. The molecule has 2 rings (SSSR count). The van der Waals surface area contributed by atoms with Gasteiger partial charge in [0.25, 0.3) is 0 Å². The highest BCUT2D eigenvalue weighted by Gasteiger charge is 2.15. The number of hydrogen-bond donors (Lipinski definition) is 2. The quantitative estimate of drug-likeness (QED) is 0.803. The van der Waals surface area contributed by atoms with E-state index in [0.717, 1.165) is 36.8 Å². The van der Waals surface area contributed by atoms with Crippen molar-refractivity contribution in [3.8, 4) is 0 Å². The molecule has 1 aliphatic heterocycles. The summed E-state index contributed by atoms with van der Waals surface area (Å²) in [5.41, 5.74) is 2.23. The maximum absolute atomic E-state index is 4.28. The van der Waals surface area contributed by atoms with Crippen molar-refractivity contribution >= 4 is 11.4 Å². The van der Waals surface area contributed by atoms with Gasteiger partial charge in [0.15, 0.2) is 0 Å². The Kier molecular flexibility index (Phi) is 6.12. The van der Waals surface area contributed by atoms with E-state index in [0.29, 0.717) is 0 Å². The molecule has 0 amide bonds. The molecule has 0 atom stereocenters. The zero-order valence-electron chi connectivity index (χ0n) is 12.9. The van der Waals surface area contributed by atoms with E-state index >= 15 is 0 Å². The van der Waals surface area contributed by atoms with Crippen molar-refractivity contribution in [2.24, 2.45) is 5.92 Å². The first-order valence-electron chi connectivity index (χ1n) is 7.89. The van der Waals surface area contributed by atoms with Crippen LogP contribution in [0.3, 0.4) is 0 Å². The number of anilines is 2. The third-order valence-electron chi connectivity index (χ3n) is 4.04. The number of pyridine rings is 1. The molecule has 2 N–H and O–H groups in total. The van der Waals surface area contributed by atoms with Crippen LogP contribution in [0.4, 0.5) is 11.4 Å². The van der Waals surface area contributed by atoms with Crippen LogP contribution in [-0.2, 0) is 0 Å². The molecule has 2 heterocycles. The molecule has 1 aromatic heterocycles. The Morgan fingerprint density at radius 2 is 1.80 bits per heavy atom. The molecule has 0 saturated carbocycles. The normalized spacial score (nSPS) is 17.1. The summed E-state index contributed by atoms with van der Waals surface area (Å²) in [5.74, 6) is 0.882. The first-order chi connectivity index (χ1) is 9.78. The molecule has 0 spiro atoms. The zero-order chi connectivity index (χ0) is 14.2. The van der Waals surface area contributed by atoms with Crippen molar-refractivity contribution in [2.75, 3.05) is 43.9 Å². The van der Waals surface area contributed by atoms with Gasteiger partial charge in [-0.25, -0.2) is 0 Å². The van der Waals surface area contributed by atoms with Gasteiger partial charge in [-0.1, -0.05) is 6.92 Å². The lowest BCUT2D eigenvalue weighted by atomic mass is 9.94. The molecule has 0 unspecified atom stereocenters. The highest BCUT2D eigenvalue weighted by Crippen LogP contribution is 2.20. The monoisotopic (exact) mass is 276 g/mol. The van der Waals surface area contributed by atoms with E-state index in [1.54, 1.807) is 0 Å². The average molecular weight is 276 g/mol. The Balaban J connectivity index is 1.70. The van der Waals surface area contributed by atoms with Crippen molar-refractivity contribution in [3.05, 3.63) is 18.5 Å². The molecule has 4 nitrogen and oxygen atoms in total. The van der Waals surface area contributed by atoms with E-state index in [4.69, 9.17) is 0 Å². The Morgan fingerprint density at radius 1 is 1.15 bits per heavy atom. The number of nitrogens with one attached hydrogen (secondary N) is 2. The van der Waals surface area contributed by atoms with Crippen molar-refractivity contribution < 1.29 is 0 Å². The largest absolute Gasteiger partial charge is 0.384 e. The standard InChI is InChI=1S/C16H28N4/c1-3-7-18-15-11-16(13-17-12-15)19-8-4-14-5-9-20(2)10-6-14/h11-14,18-19H,3-10H2,1-2H3. The second-order valence-electron chi connectivity index (χ2n) is 5.85. The highest BCUT2D eigenvalue weighted by atomic mass is 15.1. The number of rotatable bonds is 7. The van der Waals surface area contributed by atoms with Crippen LogP contribution in [0.1, 0.15) is 32.6 Å². The number of piperidine rings is 1. The van der Waals surface area contributed by atoms with E-state index in [-0.39, 0.29) is 0 Å². The molecule has 0 radical (unpaired) electrons. The van der Waals surface area contributed by atoms with E-state index < -0.39 is 0 Å². The van der Waals surface area contributed by atoms with Gasteiger partial charge in [0.1, 0.15) is 0 Å². The Morgan fingerprint density at radius 3 is 2.45 bits per heavy atom. The highest BCUT2D eigenvalue weighted by molar-refractivity contribution is 5.53. The van der Waals surface area contributed by atoms with Crippen molar-refractivity contribution in [2.45, 2.75) is 32.6 Å². The van der Waals surface area contributed by atoms with Gasteiger partial charge in [0.05, 0.1) is 23.8 Å². The maximum atomic E-state index is 4.28. The van der Waals surface area contributed by atoms with Crippen LogP contribution in [0.25, 0.3) is 0 Å². The minimum absolute atomic E-state index is 0.882. The smallest absolute Gasteiger partial charge is 0.0547 e. The van der Waals surface area contributed by atoms with E-state index in [1.165, 1.54) is 32.4 Å². The van der Waals surface area contributed by atoms with E-state index in [9.17, 15) is 0 Å². The number of nitrogens with zero attached hydrogens (tertiary/aromatic N) is 2. The first kappa shape index (κ1) is 15.1. The van der Waals surface area contributed by atoms with Gasteiger partial charge in [-0.15, -0.1) is 0 Å². The van der Waals surface area contributed by atoms with Crippen molar-refractivity contribution in [3.63, 3.8) is 0 Å². The van der Waals surface area contributed by atoms with Gasteiger partial charge in [-0.2, -0.15) is 0 Å². The van der Waals surface area contributed by atoms with Crippen molar-refractivity contribution in [1.29, 1.82) is 0 Å². The van der Waals surface area contributed by atoms with Crippen LogP contribution in [0.2, 0.25) is 0 Å². The molecule has 1 fully saturated rings. The Hall–Kier alpha value is -1.29. The lowest BCUT2D eigenvalue weighted by molar-refractivity contribution is 0.215. The zero-order valence-corrected chi connectivity index (χ0v) is 12.9. The molecule has 4 heteroatoms. The molecular weight excluding hydrogens is 248 g/mol. The summed E-state index contributed by atoms with van der Waals surface area (Å²) >= 11 is 0. The second kappa shape index (κ2) is 8.10. The van der Waals surface area contributed by atoms with Gasteiger partial charge in [0.2, 0.25) is 0 Å². The number of likely N-dealkylation sites (tertiary alicyclic amines) is 1. The van der Waals surface area contributed by atoms with Crippen LogP contribution >= 0.6 is 0 Å². The minimum Gasteiger partial charge on any atom is -0.384 e. The van der Waals surface area contributed by atoms with Gasteiger partial charge in [0, 0.05) is 13.1 Å². The topological polar surface area (TPSA) is 40.2 Å². The van der Waals surface area contributed by atoms with Crippen molar-refractivity contribution in [1.82, 2.24) is 9.88 Å². The lowest BCUT2D eigenvalue weighted by Gasteiger charge is -2.28. The first-order valence-corrected chi connectivity index (χ1v) is 7.89. The van der Waals surface area contributed by atoms with E-state index in [1.807, 2.05) is 12.4 Å². The molecule has 1 aromatic rings. The summed E-state index contributed by atoms with van der Waals surface area (Å²) in [7, 11) is 2.22. The molecule has 1 aliphatic rings. The Bertz CT molecular complexity index is 386.